The summed E-state index contributed by atoms with van der Waals surface area (Å²) in [5, 5.41) is 10.9. The predicted molar refractivity (Wildman–Crippen MR) is 72.7 cm³/mol. The van der Waals surface area contributed by atoms with Crippen molar-refractivity contribution < 1.29 is 9.66 Å². The lowest BCUT2D eigenvalue weighted by molar-refractivity contribution is -0.384. The molecule has 0 aliphatic carbocycles. The summed E-state index contributed by atoms with van der Waals surface area (Å²) < 4.78 is 5.50. The Kier molecular flexibility index (Phi) is 4.09. The van der Waals surface area contributed by atoms with Gasteiger partial charge in [-0.15, -0.1) is 0 Å². The summed E-state index contributed by atoms with van der Waals surface area (Å²) in [5.41, 5.74) is 0.314. The van der Waals surface area contributed by atoms with Gasteiger partial charge in [0.25, 0.3) is 0 Å². The first kappa shape index (κ1) is 14.1. The average Bonchev–Trinajstić information content (AvgIpc) is 2.37. The number of hydrogen-bond acceptors (Lipinski definition) is 6. The van der Waals surface area contributed by atoms with Crippen LogP contribution >= 0.6 is 11.6 Å². The van der Waals surface area contributed by atoms with Crippen molar-refractivity contribution in [1.82, 2.24) is 15.0 Å². The van der Waals surface area contributed by atoms with E-state index >= 15 is 0 Å². The SMILES string of the molecule is CC(C)Oc1cncc(-c2nc(Cl)ncc2[N+](=O)[O-])c1. The molecule has 20 heavy (non-hydrogen) atoms. The van der Waals surface area contributed by atoms with Crippen molar-refractivity contribution in [3.63, 3.8) is 0 Å². The van der Waals surface area contributed by atoms with Crippen molar-refractivity contribution >= 4 is 17.3 Å². The van der Waals surface area contributed by atoms with Crippen LogP contribution in [0.2, 0.25) is 5.28 Å². The lowest BCUT2D eigenvalue weighted by atomic mass is 10.2. The summed E-state index contributed by atoms with van der Waals surface area (Å²) in [6.07, 6.45) is 4.02. The van der Waals surface area contributed by atoms with Crippen molar-refractivity contribution in [3.8, 4) is 17.0 Å². The Bertz CT molecular complexity index is 648. The van der Waals surface area contributed by atoms with Gasteiger partial charge in [-0.05, 0) is 31.5 Å². The van der Waals surface area contributed by atoms with E-state index in [9.17, 15) is 10.1 Å². The Morgan fingerprint density at radius 2 is 2.10 bits per heavy atom. The maximum absolute atomic E-state index is 11.0. The number of hydrogen-bond donors (Lipinski definition) is 0. The number of ether oxygens (including phenoxy) is 1. The summed E-state index contributed by atoms with van der Waals surface area (Å²) >= 11 is 5.70. The number of rotatable bonds is 4. The van der Waals surface area contributed by atoms with Crippen LogP contribution in [0.3, 0.4) is 0 Å². The zero-order chi connectivity index (χ0) is 14.7. The molecule has 0 atom stereocenters. The van der Waals surface area contributed by atoms with Crippen LogP contribution in [0.4, 0.5) is 5.69 Å². The number of pyridine rings is 1. The van der Waals surface area contributed by atoms with Crippen LogP contribution in [0, 0.1) is 10.1 Å². The van der Waals surface area contributed by atoms with E-state index in [0.29, 0.717) is 11.3 Å². The highest BCUT2D eigenvalue weighted by molar-refractivity contribution is 6.28. The molecular weight excluding hydrogens is 284 g/mol. The molecular formula is C12H11ClN4O3. The topological polar surface area (TPSA) is 91.0 Å². The molecule has 0 amide bonds. The van der Waals surface area contributed by atoms with E-state index in [1.807, 2.05) is 13.8 Å². The Hall–Kier alpha value is -2.28. The number of aromatic nitrogens is 3. The third kappa shape index (κ3) is 3.18. The van der Waals surface area contributed by atoms with Crippen LogP contribution in [0.5, 0.6) is 5.75 Å². The zero-order valence-corrected chi connectivity index (χ0v) is 11.5. The third-order valence-electron chi connectivity index (χ3n) is 2.30. The molecule has 2 heterocycles. The van der Waals surface area contributed by atoms with Gasteiger partial charge in [-0.25, -0.2) is 9.97 Å². The zero-order valence-electron chi connectivity index (χ0n) is 10.8. The molecule has 0 N–H and O–H groups in total. The first-order valence-corrected chi connectivity index (χ1v) is 6.14. The van der Waals surface area contributed by atoms with Gasteiger partial charge in [-0.1, -0.05) is 0 Å². The van der Waals surface area contributed by atoms with Gasteiger partial charge in [0, 0.05) is 11.8 Å². The molecule has 0 saturated carbocycles. The molecule has 0 unspecified atom stereocenters. The van der Waals surface area contributed by atoms with Crippen LogP contribution in [0.15, 0.2) is 24.7 Å². The first-order chi connectivity index (χ1) is 9.47. The molecule has 2 aromatic rings. The highest BCUT2D eigenvalue weighted by Crippen LogP contribution is 2.29. The van der Waals surface area contributed by atoms with E-state index in [4.69, 9.17) is 16.3 Å². The average molecular weight is 295 g/mol. The molecule has 2 rings (SSSR count). The van der Waals surface area contributed by atoms with Crippen LogP contribution in [0.25, 0.3) is 11.3 Å². The minimum absolute atomic E-state index is 0.0315. The second-order valence-corrected chi connectivity index (χ2v) is 4.54. The maximum atomic E-state index is 11.0. The van der Waals surface area contributed by atoms with E-state index in [1.165, 1.54) is 12.4 Å². The molecule has 104 valence electrons. The summed E-state index contributed by atoms with van der Waals surface area (Å²) in [7, 11) is 0. The normalized spacial score (nSPS) is 10.6. The molecule has 0 bridgehead atoms. The van der Waals surface area contributed by atoms with Crippen molar-refractivity contribution in [1.29, 1.82) is 0 Å². The number of nitro groups is 1. The van der Waals surface area contributed by atoms with Gasteiger partial charge >= 0.3 is 5.69 Å². The monoisotopic (exact) mass is 294 g/mol. The molecule has 0 fully saturated rings. The highest BCUT2D eigenvalue weighted by Gasteiger charge is 2.19. The van der Waals surface area contributed by atoms with Crippen molar-refractivity contribution in [3.05, 3.63) is 40.1 Å². The van der Waals surface area contributed by atoms with E-state index in [1.54, 1.807) is 6.07 Å². The molecule has 0 saturated heterocycles. The molecule has 2 aromatic heterocycles. The van der Waals surface area contributed by atoms with Crippen molar-refractivity contribution in [2.24, 2.45) is 0 Å². The van der Waals surface area contributed by atoms with Crippen LogP contribution < -0.4 is 4.74 Å². The van der Waals surface area contributed by atoms with Gasteiger partial charge in [0.15, 0.2) is 5.69 Å². The van der Waals surface area contributed by atoms with Crippen LogP contribution in [0.1, 0.15) is 13.8 Å². The second kappa shape index (κ2) is 5.79. The molecule has 8 heteroatoms. The fourth-order valence-corrected chi connectivity index (χ4v) is 1.72. The fourth-order valence-electron chi connectivity index (χ4n) is 1.58. The largest absolute Gasteiger partial charge is 0.489 e. The number of nitrogens with zero attached hydrogens (tertiary/aromatic N) is 4. The Morgan fingerprint density at radius 3 is 2.75 bits per heavy atom. The van der Waals surface area contributed by atoms with Gasteiger partial charge < -0.3 is 4.74 Å². The Morgan fingerprint density at radius 1 is 1.35 bits per heavy atom. The van der Waals surface area contributed by atoms with Gasteiger partial charge in [-0.2, -0.15) is 0 Å². The van der Waals surface area contributed by atoms with Gasteiger partial charge in [0.2, 0.25) is 5.28 Å². The summed E-state index contributed by atoms with van der Waals surface area (Å²) in [4.78, 5) is 21.9. The Balaban J connectivity index is 2.50. The highest BCUT2D eigenvalue weighted by atomic mass is 35.5. The molecule has 0 aromatic carbocycles. The van der Waals surface area contributed by atoms with Crippen molar-refractivity contribution in [2.75, 3.05) is 0 Å². The van der Waals surface area contributed by atoms with Crippen molar-refractivity contribution in [2.45, 2.75) is 20.0 Å². The van der Waals surface area contributed by atoms with Gasteiger partial charge in [0.05, 0.1) is 17.2 Å². The lowest BCUT2D eigenvalue weighted by Crippen LogP contribution is -2.06. The smallest absolute Gasteiger partial charge is 0.313 e. The molecule has 0 radical (unpaired) electrons. The maximum Gasteiger partial charge on any atom is 0.313 e. The predicted octanol–water partition coefficient (Wildman–Crippen LogP) is 2.89. The fraction of sp³-hybridized carbons (Fsp3) is 0.250. The van der Waals surface area contributed by atoms with Gasteiger partial charge in [-0.3, -0.25) is 15.1 Å². The van der Waals surface area contributed by atoms with Crippen LogP contribution in [-0.2, 0) is 0 Å². The minimum Gasteiger partial charge on any atom is -0.489 e. The summed E-state index contributed by atoms with van der Waals surface area (Å²) in [6.45, 7) is 3.74. The number of halogens is 1. The lowest BCUT2D eigenvalue weighted by Gasteiger charge is -2.10. The standard InChI is InChI=1S/C12H11ClN4O3/c1-7(2)20-9-3-8(4-14-5-9)11-10(17(18)19)6-15-12(13)16-11/h3-7H,1-2H3. The van der Waals surface area contributed by atoms with E-state index in [0.717, 1.165) is 6.20 Å². The molecule has 0 spiro atoms. The quantitative estimate of drug-likeness (QED) is 0.489. The van der Waals surface area contributed by atoms with E-state index < -0.39 is 4.92 Å². The molecule has 0 aliphatic heterocycles. The summed E-state index contributed by atoms with van der Waals surface area (Å²) in [5.74, 6) is 0.501. The van der Waals surface area contributed by atoms with Crippen LogP contribution in [-0.4, -0.2) is 26.0 Å². The third-order valence-corrected chi connectivity index (χ3v) is 2.48. The summed E-state index contributed by atoms with van der Waals surface area (Å²) in [6, 6.07) is 1.62. The second-order valence-electron chi connectivity index (χ2n) is 4.21. The minimum atomic E-state index is -0.568. The molecule has 7 nitrogen and oxygen atoms in total. The van der Waals surface area contributed by atoms with E-state index in [2.05, 4.69) is 15.0 Å². The van der Waals surface area contributed by atoms with E-state index in [-0.39, 0.29) is 22.8 Å². The Labute approximate surface area is 119 Å². The molecule has 0 aliphatic rings. The van der Waals surface area contributed by atoms with Gasteiger partial charge in [0.1, 0.15) is 11.9 Å². The first-order valence-electron chi connectivity index (χ1n) is 5.76.